The smallest absolute Gasteiger partial charge is 0.0576 e. The van der Waals surface area contributed by atoms with E-state index in [0.717, 1.165) is 32.3 Å². The molecular weight excluding hydrogens is 176 g/mol. The molecule has 0 saturated carbocycles. The van der Waals surface area contributed by atoms with Crippen LogP contribution in [0.15, 0.2) is 0 Å². The zero-order valence-corrected chi connectivity index (χ0v) is 9.59. The third-order valence-electron chi connectivity index (χ3n) is 3.86. The lowest BCUT2D eigenvalue weighted by molar-refractivity contribution is 0.0601. The summed E-state index contributed by atoms with van der Waals surface area (Å²) in [5.41, 5.74) is 0.159. The highest BCUT2D eigenvalue weighted by Crippen LogP contribution is 2.33. The van der Waals surface area contributed by atoms with Crippen molar-refractivity contribution in [3.63, 3.8) is 0 Å². The van der Waals surface area contributed by atoms with Gasteiger partial charge in [0.2, 0.25) is 0 Å². The van der Waals surface area contributed by atoms with Crippen molar-refractivity contribution >= 4 is 0 Å². The van der Waals surface area contributed by atoms with Crippen molar-refractivity contribution in [3.05, 3.63) is 0 Å². The molecule has 1 N–H and O–H groups in total. The molecule has 0 aliphatic carbocycles. The Balaban J connectivity index is 2.31. The highest BCUT2D eigenvalue weighted by molar-refractivity contribution is 4.78. The lowest BCUT2D eigenvalue weighted by Crippen LogP contribution is -2.25. The van der Waals surface area contributed by atoms with Gasteiger partial charge in [0.25, 0.3) is 0 Å². The third kappa shape index (κ3) is 2.96. The lowest BCUT2D eigenvalue weighted by Gasteiger charge is -2.30. The van der Waals surface area contributed by atoms with Crippen molar-refractivity contribution < 1.29 is 9.84 Å². The van der Waals surface area contributed by atoms with Crippen LogP contribution in [0.2, 0.25) is 0 Å². The monoisotopic (exact) mass is 200 g/mol. The maximum Gasteiger partial charge on any atom is 0.0576 e. The maximum absolute atomic E-state index is 9.41. The molecule has 1 unspecified atom stereocenters. The molecule has 1 aliphatic rings. The molecule has 0 aromatic heterocycles. The third-order valence-corrected chi connectivity index (χ3v) is 3.86. The van der Waals surface area contributed by atoms with Crippen LogP contribution < -0.4 is 0 Å². The molecular formula is C12H24O2. The SMILES string of the molecule is CCC(CC)(CO)CCC1CCCO1. The number of hydrogen-bond acceptors (Lipinski definition) is 2. The van der Waals surface area contributed by atoms with E-state index in [-0.39, 0.29) is 5.41 Å². The normalized spacial score (nSPS) is 22.9. The Bertz CT molecular complexity index is 138. The van der Waals surface area contributed by atoms with E-state index >= 15 is 0 Å². The van der Waals surface area contributed by atoms with E-state index in [1.165, 1.54) is 12.8 Å². The largest absolute Gasteiger partial charge is 0.396 e. The van der Waals surface area contributed by atoms with E-state index < -0.39 is 0 Å². The molecule has 1 heterocycles. The first-order valence-electron chi connectivity index (χ1n) is 5.99. The molecule has 1 saturated heterocycles. The number of hydrogen-bond donors (Lipinski definition) is 1. The summed E-state index contributed by atoms with van der Waals surface area (Å²) < 4.78 is 5.60. The van der Waals surface area contributed by atoms with Crippen LogP contribution in [0.4, 0.5) is 0 Å². The second-order valence-corrected chi connectivity index (χ2v) is 4.54. The minimum absolute atomic E-state index is 0.159. The van der Waals surface area contributed by atoms with Gasteiger partial charge in [0.05, 0.1) is 6.10 Å². The fourth-order valence-electron chi connectivity index (χ4n) is 2.25. The summed E-state index contributed by atoms with van der Waals surface area (Å²) >= 11 is 0. The van der Waals surface area contributed by atoms with E-state index in [1.807, 2.05) is 0 Å². The zero-order chi connectivity index (χ0) is 10.4. The van der Waals surface area contributed by atoms with Crippen LogP contribution in [0.3, 0.4) is 0 Å². The molecule has 0 aromatic rings. The Labute approximate surface area is 87.7 Å². The fraction of sp³-hybridized carbons (Fsp3) is 1.00. The molecule has 0 amide bonds. The van der Waals surface area contributed by atoms with Gasteiger partial charge in [0.1, 0.15) is 0 Å². The molecule has 1 atom stereocenters. The van der Waals surface area contributed by atoms with E-state index in [2.05, 4.69) is 13.8 Å². The Kier molecular flexibility index (Phi) is 4.90. The van der Waals surface area contributed by atoms with Crippen molar-refractivity contribution in [3.8, 4) is 0 Å². The Morgan fingerprint density at radius 2 is 2.07 bits per heavy atom. The Morgan fingerprint density at radius 3 is 2.50 bits per heavy atom. The van der Waals surface area contributed by atoms with E-state index in [0.29, 0.717) is 12.7 Å². The molecule has 2 heteroatoms. The zero-order valence-electron chi connectivity index (χ0n) is 9.59. The van der Waals surface area contributed by atoms with Crippen LogP contribution in [0.5, 0.6) is 0 Å². The van der Waals surface area contributed by atoms with Crippen molar-refractivity contribution in [2.45, 2.75) is 58.5 Å². The summed E-state index contributed by atoms with van der Waals surface area (Å²) in [6.45, 7) is 5.62. The second kappa shape index (κ2) is 5.72. The molecule has 1 rings (SSSR count). The number of rotatable bonds is 6. The minimum atomic E-state index is 0.159. The van der Waals surface area contributed by atoms with Crippen LogP contribution in [-0.2, 0) is 4.74 Å². The Morgan fingerprint density at radius 1 is 1.36 bits per heavy atom. The lowest BCUT2D eigenvalue weighted by atomic mass is 9.78. The van der Waals surface area contributed by atoms with Gasteiger partial charge < -0.3 is 9.84 Å². The summed E-state index contributed by atoms with van der Waals surface area (Å²) in [5, 5.41) is 9.41. The molecule has 84 valence electrons. The molecule has 0 bridgehead atoms. The topological polar surface area (TPSA) is 29.5 Å². The van der Waals surface area contributed by atoms with Gasteiger partial charge in [-0.1, -0.05) is 13.8 Å². The maximum atomic E-state index is 9.41. The summed E-state index contributed by atoms with van der Waals surface area (Å²) in [7, 11) is 0. The highest BCUT2D eigenvalue weighted by atomic mass is 16.5. The average Bonchev–Trinajstić information content (AvgIpc) is 2.74. The van der Waals surface area contributed by atoms with Crippen LogP contribution in [0, 0.1) is 5.41 Å². The summed E-state index contributed by atoms with van der Waals surface area (Å²) in [4.78, 5) is 0. The molecule has 2 nitrogen and oxygen atoms in total. The van der Waals surface area contributed by atoms with Gasteiger partial charge in [-0.3, -0.25) is 0 Å². The van der Waals surface area contributed by atoms with Crippen LogP contribution in [0.1, 0.15) is 52.4 Å². The van der Waals surface area contributed by atoms with E-state index in [1.54, 1.807) is 0 Å². The van der Waals surface area contributed by atoms with Gasteiger partial charge in [-0.25, -0.2) is 0 Å². The standard InChI is InChI=1S/C12H24O2/c1-3-12(4-2,10-13)8-7-11-6-5-9-14-11/h11,13H,3-10H2,1-2H3. The molecule has 0 radical (unpaired) electrons. The average molecular weight is 200 g/mol. The molecule has 0 spiro atoms. The van der Waals surface area contributed by atoms with Crippen molar-refractivity contribution in [1.82, 2.24) is 0 Å². The van der Waals surface area contributed by atoms with E-state index in [9.17, 15) is 5.11 Å². The van der Waals surface area contributed by atoms with Gasteiger partial charge in [-0.15, -0.1) is 0 Å². The van der Waals surface area contributed by atoms with Crippen molar-refractivity contribution in [2.24, 2.45) is 5.41 Å². The predicted molar refractivity (Wildman–Crippen MR) is 58.3 cm³/mol. The Hall–Kier alpha value is -0.0800. The molecule has 1 aliphatic heterocycles. The van der Waals surface area contributed by atoms with Crippen LogP contribution in [0.25, 0.3) is 0 Å². The summed E-state index contributed by atoms with van der Waals surface area (Å²) in [6.07, 6.45) is 7.30. The van der Waals surface area contributed by atoms with E-state index in [4.69, 9.17) is 4.74 Å². The van der Waals surface area contributed by atoms with Gasteiger partial charge in [-0.2, -0.15) is 0 Å². The van der Waals surface area contributed by atoms with Gasteiger partial charge in [-0.05, 0) is 43.9 Å². The summed E-state index contributed by atoms with van der Waals surface area (Å²) in [5.74, 6) is 0. The number of aliphatic hydroxyl groups is 1. The first-order chi connectivity index (χ1) is 6.76. The predicted octanol–water partition coefficient (Wildman–Crippen LogP) is 2.74. The number of aliphatic hydroxyl groups excluding tert-OH is 1. The first-order valence-corrected chi connectivity index (χ1v) is 5.99. The summed E-state index contributed by atoms with van der Waals surface area (Å²) in [6, 6.07) is 0. The van der Waals surface area contributed by atoms with Crippen LogP contribution in [-0.4, -0.2) is 24.4 Å². The minimum Gasteiger partial charge on any atom is -0.396 e. The first kappa shape index (κ1) is 12.0. The fourth-order valence-corrected chi connectivity index (χ4v) is 2.25. The number of ether oxygens (including phenoxy) is 1. The second-order valence-electron chi connectivity index (χ2n) is 4.54. The van der Waals surface area contributed by atoms with Crippen molar-refractivity contribution in [1.29, 1.82) is 0 Å². The molecule has 1 fully saturated rings. The van der Waals surface area contributed by atoms with Crippen LogP contribution >= 0.6 is 0 Å². The quantitative estimate of drug-likeness (QED) is 0.714. The van der Waals surface area contributed by atoms with Crippen molar-refractivity contribution in [2.75, 3.05) is 13.2 Å². The van der Waals surface area contributed by atoms with Gasteiger partial charge in [0, 0.05) is 13.2 Å². The highest BCUT2D eigenvalue weighted by Gasteiger charge is 2.27. The van der Waals surface area contributed by atoms with Gasteiger partial charge in [0.15, 0.2) is 0 Å². The molecule has 14 heavy (non-hydrogen) atoms. The molecule has 0 aromatic carbocycles. The van der Waals surface area contributed by atoms with Gasteiger partial charge >= 0.3 is 0 Å².